The first kappa shape index (κ1) is 33.3. The molecule has 48 heavy (non-hydrogen) atoms. The van der Waals surface area contributed by atoms with Crippen LogP contribution in [0.5, 0.6) is 11.5 Å². The predicted molar refractivity (Wildman–Crippen MR) is 181 cm³/mol. The number of aryl methyl sites for hydroxylation is 1. The summed E-state index contributed by atoms with van der Waals surface area (Å²) in [6.45, 7) is 6.56. The maximum absolute atomic E-state index is 14.0. The largest absolute Gasteiger partial charge is 0.496 e. The fourth-order valence-corrected chi connectivity index (χ4v) is 7.58. The molecule has 2 N–H and O–H groups in total. The first-order chi connectivity index (χ1) is 23.1. The van der Waals surface area contributed by atoms with Gasteiger partial charge in [-0.05, 0) is 92.4 Å². The number of aromatic nitrogens is 4. The van der Waals surface area contributed by atoms with Crippen molar-refractivity contribution in [3.8, 4) is 33.9 Å². The fourth-order valence-electron chi connectivity index (χ4n) is 6.48. The summed E-state index contributed by atoms with van der Waals surface area (Å²) in [5.74, 6) is 1.10. The fraction of sp³-hybridized carbons (Fsp3) is 0.343. The lowest BCUT2D eigenvalue weighted by Gasteiger charge is -2.31. The number of sulfonamides is 1. The highest BCUT2D eigenvalue weighted by atomic mass is 32.2. The molecule has 1 aliphatic heterocycles. The molecule has 1 fully saturated rings. The first-order valence-corrected chi connectivity index (χ1v) is 17.3. The minimum atomic E-state index is -3.71. The highest BCUT2D eigenvalue weighted by molar-refractivity contribution is 7.89. The molecule has 0 unspecified atom stereocenters. The van der Waals surface area contributed by atoms with Crippen LogP contribution < -0.4 is 14.2 Å². The molecular weight excluding hydrogens is 635 g/mol. The van der Waals surface area contributed by atoms with Gasteiger partial charge in [0.05, 0.1) is 36.6 Å². The topological polar surface area (TPSA) is 131 Å². The van der Waals surface area contributed by atoms with Crippen molar-refractivity contribution in [2.45, 2.75) is 38.1 Å². The number of aromatic amines is 1. The van der Waals surface area contributed by atoms with Crippen LogP contribution in [0.25, 0.3) is 33.3 Å². The van der Waals surface area contributed by atoms with Gasteiger partial charge in [0.1, 0.15) is 23.0 Å². The molecule has 252 valence electrons. The molecule has 0 spiro atoms. The lowest BCUT2D eigenvalue weighted by atomic mass is 9.97. The van der Waals surface area contributed by atoms with E-state index in [1.165, 1.54) is 19.1 Å². The van der Waals surface area contributed by atoms with Crippen molar-refractivity contribution >= 4 is 26.7 Å². The summed E-state index contributed by atoms with van der Waals surface area (Å²) in [6.07, 6.45) is 3.65. The zero-order valence-electron chi connectivity index (χ0n) is 27.4. The summed E-state index contributed by atoms with van der Waals surface area (Å²) in [5.41, 5.74) is 4.53. The van der Waals surface area contributed by atoms with E-state index in [4.69, 9.17) is 9.47 Å². The standard InChI is InChI=1S/C35H39FN6O5S/c1-22-18-26(9-10-27(22)34-31(46-3)6-5-7-32(34)47-4)48(44,45)37-14-17-41-15-12-24(13-16-41)20-42-21-30(39-40-42)33-28-19-25(36)8-11-29(28)38-35(33)23(2)43/h5-11,18-19,21,24,37-38H,12-17,20H2,1-4H3. The zero-order chi connectivity index (χ0) is 34.0. The molecule has 0 radical (unpaired) electrons. The van der Waals surface area contributed by atoms with E-state index in [1.807, 2.05) is 31.3 Å². The van der Waals surface area contributed by atoms with Crippen LogP contribution in [0.1, 0.15) is 35.8 Å². The average molecular weight is 675 g/mol. The maximum Gasteiger partial charge on any atom is 0.240 e. The third kappa shape index (κ3) is 6.84. The minimum absolute atomic E-state index is 0.163. The second-order valence-corrected chi connectivity index (χ2v) is 13.9. The number of rotatable bonds is 12. The molecule has 0 saturated carbocycles. The number of ether oxygens (including phenoxy) is 2. The molecule has 1 aliphatic rings. The highest BCUT2D eigenvalue weighted by Gasteiger charge is 2.24. The number of hydrogen-bond donors (Lipinski definition) is 2. The number of carbonyl (C=O) groups is 1. The molecule has 11 nitrogen and oxygen atoms in total. The first-order valence-electron chi connectivity index (χ1n) is 15.8. The van der Waals surface area contributed by atoms with E-state index in [1.54, 1.807) is 43.2 Å². The second-order valence-electron chi connectivity index (χ2n) is 12.1. The number of halogens is 1. The van der Waals surface area contributed by atoms with Crippen molar-refractivity contribution in [1.82, 2.24) is 29.6 Å². The number of H-pyrrole nitrogens is 1. The zero-order valence-corrected chi connectivity index (χ0v) is 28.2. The lowest BCUT2D eigenvalue weighted by Crippen LogP contribution is -2.40. The lowest BCUT2D eigenvalue weighted by molar-refractivity contribution is 0.101. The van der Waals surface area contributed by atoms with Crippen molar-refractivity contribution in [3.63, 3.8) is 0 Å². The van der Waals surface area contributed by atoms with Gasteiger partial charge in [0.25, 0.3) is 0 Å². The molecule has 0 atom stereocenters. The van der Waals surface area contributed by atoms with E-state index in [2.05, 4.69) is 24.9 Å². The summed E-state index contributed by atoms with van der Waals surface area (Å²) in [6, 6.07) is 15.0. The number of benzene rings is 3. The monoisotopic (exact) mass is 674 g/mol. The van der Waals surface area contributed by atoms with Gasteiger partial charge >= 0.3 is 0 Å². The number of hydrogen-bond acceptors (Lipinski definition) is 8. The Hall–Kier alpha value is -4.59. The molecule has 3 heterocycles. The van der Waals surface area contributed by atoms with Crippen LogP contribution in [0, 0.1) is 18.7 Å². The molecular formula is C35H39FN6O5S. The van der Waals surface area contributed by atoms with Crippen LogP contribution in [0.2, 0.25) is 0 Å². The van der Waals surface area contributed by atoms with Crippen molar-refractivity contribution in [2.75, 3.05) is 40.4 Å². The Bertz CT molecular complexity index is 2040. The van der Waals surface area contributed by atoms with E-state index in [0.717, 1.165) is 42.6 Å². The molecule has 1 saturated heterocycles. The smallest absolute Gasteiger partial charge is 0.240 e. The van der Waals surface area contributed by atoms with Crippen LogP contribution in [0.3, 0.4) is 0 Å². The summed E-state index contributed by atoms with van der Waals surface area (Å²) >= 11 is 0. The van der Waals surface area contributed by atoms with Gasteiger partial charge in [0, 0.05) is 43.0 Å². The van der Waals surface area contributed by atoms with Crippen molar-refractivity contribution < 1.29 is 27.1 Å². The number of methoxy groups -OCH3 is 2. The molecule has 0 aliphatic carbocycles. The van der Waals surface area contributed by atoms with Gasteiger partial charge in [-0.1, -0.05) is 17.3 Å². The SMILES string of the molecule is COc1cccc(OC)c1-c1ccc(S(=O)(=O)NCCN2CCC(Cn3cc(-c4c(C(C)=O)[nH]c5ccc(F)cc45)nn3)CC2)cc1C. The van der Waals surface area contributed by atoms with E-state index in [0.29, 0.717) is 64.9 Å². The van der Waals surface area contributed by atoms with Gasteiger partial charge < -0.3 is 19.4 Å². The predicted octanol–water partition coefficient (Wildman–Crippen LogP) is 5.45. The van der Waals surface area contributed by atoms with Gasteiger partial charge in [0.15, 0.2) is 5.78 Å². The van der Waals surface area contributed by atoms with Crippen molar-refractivity contribution in [3.05, 3.63) is 77.9 Å². The summed E-state index contributed by atoms with van der Waals surface area (Å²) in [4.78, 5) is 17.9. The van der Waals surface area contributed by atoms with E-state index < -0.39 is 10.0 Å². The van der Waals surface area contributed by atoms with Gasteiger partial charge in [-0.25, -0.2) is 17.5 Å². The Labute approximate surface area is 279 Å². The van der Waals surface area contributed by atoms with E-state index >= 15 is 0 Å². The van der Waals surface area contributed by atoms with E-state index in [-0.39, 0.29) is 16.5 Å². The van der Waals surface area contributed by atoms with Crippen molar-refractivity contribution in [1.29, 1.82) is 0 Å². The van der Waals surface area contributed by atoms with Crippen LogP contribution >= 0.6 is 0 Å². The quantitative estimate of drug-likeness (QED) is 0.167. The van der Waals surface area contributed by atoms with Gasteiger partial charge in [0.2, 0.25) is 10.0 Å². The number of ketones is 1. The van der Waals surface area contributed by atoms with Crippen LogP contribution in [0.15, 0.2) is 65.7 Å². The summed E-state index contributed by atoms with van der Waals surface area (Å²) in [7, 11) is -0.523. The number of nitrogens with one attached hydrogen (secondary N) is 2. The average Bonchev–Trinajstić information content (AvgIpc) is 3.69. The number of nitrogens with zero attached hydrogens (tertiary/aromatic N) is 4. The van der Waals surface area contributed by atoms with E-state index in [9.17, 15) is 17.6 Å². The molecule has 0 amide bonds. The van der Waals surface area contributed by atoms with Crippen LogP contribution in [0.4, 0.5) is 4.39 Å². The second kappa shape index (κ2) is 13.9. The third-order valence-corrected chi connectivity index (χ3v) is 10.4. The Balaban J connectivity index is 1.03. The number of fused-ring (bicyclic) bond motifs is 1. The van der Waals surface area contributed by atoms with Crippen LogP contribution in [-0.2, 0) is 16.6 Å². The minimum Gasteiger partial charge on any atom is -0.496 e. The van der Waals surface area contributed by atoms with Crippen molar-refractivity contribution in [2.24, 2.45) is 5.92 Å². The molecule has 0 bridgehead atoms. The molecule has 6 rings (SSSR count). The molecule has 5 aromatic rings. The highest BCUT2D eigenvalue weighted by Crippen LogP contribution is 2.40. The molecule has 13 heteroatoms. The Kier molecular flexibility index (Phi) is 9.63. The number of Topliss-reactive ketones (excluding diaryl/α,β-unsaturated/α-hetero) is 1. The Morgan fingerprint density at radius 2 is 1.77 bits per heavy atom. The maximum atomic E-state index is 14.0. The molecule has 2 aromatic heterocycles. The van der Waals surface area contributed by atoms with Gasteiger partial charge in [-0.3, -0.25) is 9.48 Å². The number of piperidine rings is 1. The number of carbonyl (C=O) groups excluding carboxylic acids is 1. The van der Waals surface area contributed by atoms with Crippen LogP contribution in [-0.4, -0.2) is 79.5 Å². The van der Waals surface area contributed by atoms with Gasteiger partial charge in [-0.15, -0.1) is 5.10 Å². The van der Waals surface area contributed by atoms with Gasteiger partial charge in [-0.2, -0.15) is 0 Å². The Morgan fingerprint density at radius 1 is 1.04 bits per heavy atom. The normalized spacial score (nSPS) is 14.4. The number of likely N-dealkylation sites (tertiary alicyclic amines) is 1. The Morgan fingerprint density at radius 3 is 2.44 bits per heavy atom. The third-order valence-electron chi connectivity index (χ3n) is 8.99. The summed E-state index contributed by atoms with van der Waals surface area (Å²) < 4.78 is 56.0. The molecule has 3 aromatic carbocycles. The summed E-state index contributed by atoms with van der Waals surface area (Å²) in [5, 5.41) is 9.23.